The third kappa shape index (κ3) is 4.54. The Morgan fingerprint density at radius 1 is 1.18 bits per heavy atom. The molecular formula is C18H30N2O2. The first-order chi connectivity index (χ1) is 10.8. The van der Waals surface area contributed by atoms with Gasteiger partial charge in [0.05, 0.1) is 12.8 Å². The Morgan fingerprint density at radius 3 is 2.64 bits per heavy atom. The van der Waals surface area contributed by atoms with Crippen LogP contribution in [0.25, 0.3) is 0 Å². The van der Waals surface area contributed by atoms with Crippen LogP contribution >= 0.6 is 0 Å². The molecule has 0 radical (unpaired) electrons. The highest BCUT2D eigenvalue weighted by molar-refractivity contribution is 5.66. The van der Waals surface area contributed by atoms with Gasteiger partial charge in [-0.2, -0.15) is 0 Å². The molecule has 1 N–H and O–H groups in total. The summed E-state index contributed by atoms with van der Waals surface area (Å²) < 4.78 is 11.2. The Hall–Kier alpha value is -1.42. The van der Waals surface area contributed by atoms with Crippen molar-refractivity contribution in [2.75, 3.05) is 45.2 Å². The summed E-state index contributed by atoms with van der Waals surface area (Å²) in [6, 6.07) is 4.33. The van der Waals surface area contributed by atoms with Gasteiger partial charge in [-0.1, -0.05) is 13.8 Å². The zero-order valence-electron chi connectivity index (χ0n) is 14.3. The number of nitrogens with zero attached hydrogens (tertiary/aromatic N) is 1. The fourth-order valence-electron chi connectivity index (χ4n) is 3.05. The standard InChI is InChI=1S/C18H30N2O2/c1-4-9-20(10-5-2)11-6-7-15-13-16-18(17(14-15)21-3)22-12-8-19-16/h13-14,19H,4-12H2,1-3H3. The van der Waals surface area contributed by atoms with E-state index >= 15 is 0 Å². The molecule has 1 aliphatic heterocycles. The first-order valence-corrected chi connectivity index (χ1v) is 8.58. The number of rotatable bonds is 9. The zero-order chi connectivity index (χ0) is 15.8. The summed E-state index contributed by atoms with van der Waals surface area (Å²) in [5.74, 6) is 1.70. The normalized spacial score (nSPS) is 13.5. The van der Waals surface area contributed by atoms with Gasteiger partial charge in [0.1, 0.15) is 6.61 Å². The summed E-state index contributed by atoms with van der Waals surface area (Å²) in [6.45, 7) is 9.65. The predicted molar refractivity (Wildman–Crippen MR) is 92.3 cm³/mol. The molecule has 1 heterocycles. The molecular weight excluding hydrogens is 276 g/mol. The molecule has 0 amide bonds. The van der Waals surface area contributed by atoms with Crippen LogP contribution in [0.4, 0.5) is 5.69 Å². The lowest BCUT2D eigenvalue weighted by Gasteiger charge is -2.23. The van der Waals surface area contributed by atoms with Crippen molar-refractivity contribution in [1.82, 2.24) is 4.90 Å². The minimum Gasteiger partial charge on any atom is -0.493 e. The second-order valence-corrected chi connectivity index (χ2v) is 5.90. The third-order valence-corrected chi connectivity index (χ3v) is 4.02. The molecule has 0 saturated carbocycles. The molecule has 4 heteroatoms. The maximum Gasteiger partial charge on any atom is 0.184 e. The largest absolute Gasteiger partial charge is 0.493 e. The van der Waals surface area contributed by atoms with Gasteiger partial charge in [-0.3, -0.25) is 0 Å². The lowest BCUT2D eigenvalue weighted by molar-refractivity contribution is 0.271. The van der Waals surface area contributed by atoms with Crippen LogP contribution in [-0.4, -0.2) is 44.8 Å². The quantitative estimate of drug-likeness (QED) is 0.756. The number of anilines is 1. The van der Waals surface area contributed by atoms with Crippen LogP contribution in [0.2, 0.25) is 0 Å². The van der Waals surface area contributed by atoms with E-state index in [4.69, 9.17) is 9.47 Å². The SMILES string of the molecule is CCCN(CCC)CCCc1cc2c(c(OC)c1)OCCN2. The lowest BCUT2D eigenvalue weighted by atomic mass is 10.1. The van der Waals surface area contributed by atoms with Crippen LogP contribution in [0.3, 0.4) is 0 Å². The van der Waals surface area contributed by atoms with Crippen molar-refractivity contribution in [3.8, 4) is 11.5 Å². The van der Waals surface area contributed by atoms with Crippen LogP contribution < -0.4 is 14.8 Å². The predicted octanol–water partition coefficient (Wildman–Crippen LogP) is 3.55. The topological polar surface area (TPSA) is 33.7 Å². The molecule has 4 nitrogen and oxygen atoms in total. The summed E-state index contributed by atoms with van der Waals surface area (Å²) in [5.41, 5.74) is 2.39. The number of benzene rings is 1. The van der Waals surface area contributed by atoms with E-state index in [1.165, 1.54) is 44.5 Å². The summed E-state index contributed by atoms with van der Waals surface area (Å²) in [5, 5.41) is 3.40. The molecule has 2 rings (SSSR count). The second-order valence-electron chi connectivity index (χ2n) is 5.90. The first-order valence-electron chi connectivity index (χ1n) is 8.58. The van der Waals surface area contributed by atoms with Gasteiger partial charge >= 0.3 is 0 Å². The van der Waals surface area contributed by atoms with Gasteiger partial charge in [-0.15, -0.1) is 0 Å². The third-order valence-electron chi connectivity index (χ3n) is 4.02. The molecule has 0 bridgehead atoms. The van der Waals surface area contributed by atoms with Gasteiger partial charge in [0.25, 0.3) is 0 Å². The maximum absolute atomic E-state index is 5.71. The van der Waals surface area contributed by atoms with Crippen molar-refractivity contribution < 1.29 is 9.47 Å². The van der Waals surface area contributed by atoms with E-state index in [0.717, 1.165) is 30.2 Å². The molecule has 0 atom stereocenters. The lowest BCUT2D eigenvalue weighted by Crippen LogP contribution is -2.26. The Morgan fingerprint density at radius 2 is 1.95 bits per heavy atom. The monoisotopic (exact) mass is 306 g/mol. The van der Waals surface area contributed by atoms with Gasteiger partial charge in [0.15, 0.2) is 11.5 Å². The van der Waals surface area contributed by atoms with Gasteiger partial charge in [0.2, 0.25) is 0 Å². The number of ether oxygens (including phenoxy) is 2. The maximum atomic E-state index is 5.71. The summed E-state index contributed by atoms with van der Waals surface area (Å²) >= 11 is 0. The number of hydrogen-bond donors (Lipinski definition) is 1. The molecule has 1 aromatic rings. The van der Waals surface area contributed by atoms with Crippen LogP contribution in [0.1, 0.15) is 38.7 Å². The van der Waals surface area contributed by atoms with Crippen molar-refractivity contribution in [1.29, 1.82) is 0 Å². The Bertz CT molecular complexity index is 439. The smallest absolute Gasteiger partial charge is 0.184 e. The molecule has 0 fully saturated rings. The molecule has 1 aromatic carbocycles. The number of fused-ring (bicyclic) bond motifs is 1. The van der Waals surface area contributed by atoms with E-state index in [2.05, 4.69) is 36.2 Å². The summed E-state index contributed by atoms with van der Waals surface area (Å²) in [6.07, 6.45) is 4.72. The molecule has 0 aliphatic carbocycles. The average molecular weight is 306 g/mol. The molecule has 0 saturated heterocycles. The van der Waals surface area contributed by atoms with Gasteiger partial charge in [-0.25, -0.2) is 0 Å². The Labute approximate surface area is 134 Å². The van der Waals surface area contributed by atoms with Gasteiger partial charge in [-0.05, 0) is 63.0 Å². The van der Waals surface area contributed by atoms with E-state index in [1.807, 2.05) is 0 Å². The van der Waals surface area contributed by atoms with E-state index < -0.39 is 0 Å². The van der Waals surface area contributed by atoms with Gasteiger partial charge < -0.3 is 19.7 Å². The number of nitrogens with one attached hydrogen (secondary N) is 1. The van der Waals surface area contributed by atoms with E-state index in [9.17, 15) is 0 Å². The van der Waals surface area contributed by atoms with Crippen molar-refractivity contribution in [3.63, 3.8) is 0 Å². The fraction of sp³-hybridized carbons (Fsp3) is 0.667. The van der Waals surface area contributed by atoms with Crippen LogP contribution in [0.5, 0.6) is 11.5 Å². The van der Waals surface area contributed by atoms with Crippen LogP contribution in [0.15, 0.2) is 12.1 Å². The number of hydrogen-bond acceptors (Lipinski definition) is 4. The zero-order valence-corrected chi connectivity index (χ0v) is 14.3. The Balaban J connectivity index is 1.95. The number of aryl methyl sites for hydroxylation is 1. The molecule has 1 aliphatic rings. The molecule has 0 spiro atoms. The van der Waals surface area contributed by atoms with Gasteiger partial charge in [0, 0.05) is 6.54 Å². The van der Waals surface area contributed by atoms with Crippen molar-refractivity contribution in [2.24, 2.45) is 0 Å². The summed E-state index contributed by atoms with van der Waals surface area (Å²) in [7, 11) is 1.71. The first kappa shape index (κ1) is 16.9. The molecule has 0 aromatic heterocycles. The summed E-state index contributed by atoms with van der Waals surface area (Å²) in [4.78, 5) is 2.57. The molecule has 22 heavy (non-hydrogen) atoms. The minimum absolute atomic E-state index is 0.700. The second kappa shape index (κ2) is 8.89. The highest BCUT2D eigenvalue weighted by Gasteiger charge is 2.16. The van der Waals surface area contributed by atoms with Crippen molar-refractivity contribution in [2.45, 2.75) is 39.5 Å². The number of methoxy groups -OCH3 is 1. The van der Waals surface area contributed by atoms with Crippen molar-refractivity contribution in [3.05, 3.63) is 17.7 Å². The Kier molecular flexibility index (Phi) is 6.84. The molecule has 124 valence electrons. The average Bonchev–Trinajstić information content (AvgIpc) is 2.54. The van der Waals surface area contributed by atoms with E-state index in [1.54, 1.807) is 7.11 Å². The van der Waals surface area contributed by atoms with Crippen molar-refractivity contribution >= 4 is 5.69 Å². The van der Waals surface area contributed by atoms with Crippen LogP contribution in [-0.2, 0) is 6.42 Å². The fourth-order valence-corrected chi connectivity index (χ4v) is 3.05. The highest BCUT2D eigenvalue weighted by Crippen LogP contribution is 2.38. The minimum atomic E-state index is 0.700. The van der Waals surface area contributed by atoms with E-state index in [0.29, 0.717) is 6.61 Å². The van der Waals surface area contributed by atoms with E-state index in [-0.39, 0.29) is 0 Å². The van der Waals surface area contributed by atoms with Crippen LogP contribution in [0, 0.1) is 0 Å². The highest BCUT2D eigenvalue weighted by atomic mass is 16.5. The molecule has 0 unspecified atom stereocenters.